The van der Waals surface area contributed by atoms with Gasteiger partial charge in [0.2, 0.25) is 0 Å². The lowest BCUT2D eigenvalue weighted by atomic mass is 10.1. The van der Waals surface area contributed by atoms with Gasteiger partial charge in [0.1, 0.15) is 12.4 Å². The Hall–Kier alpha value is -1.59. The zero-order valence-electron chi connectivity index (χ0n) is 11.5. The molecule has 0 bridgehead atoms. The molecule has 4 nitrogen and oxygen atoms in total. The van der Waals surface area contributed by atoms with Gasteiger partial charge in [0.25, 0.3) is 5.69 Å². The van der Waals surface area contributed by atoms with E-state index in [-0.39, 0.29) is 12.3 Å². The van der Waals surface area contributed by atoms with Gasteiger partial charge in [-0.15, -0.1) is 0 Å². The van der Waals surface area contributed by atoms with E-state index >= 15 is 0 Å². The largest absolute Gasteiger partial charge is 0.489 e. The van der Waals surface area contributed by atoms with Crippen molar-refractivity contribution in [1.29, 1.82) is 0 Å². The summed E-state index contributed by atoms with van der Waals surface area (Å²) >= 11 is 9.38. The zero-order chi connectivity index (χ0) is 15.6. The molecule has 2 rings (SSSR count). The smallest absolute Gasteiger partial charge is 0.276 e. The molecule has 0 atom stereocenters. The summed E-state index contributed by atoms with van der Waals surface area (Å²) in [6.45, 7) is 4.02. The van der Waals surface area contributed by atoms with Crippen LogP contribution in [-0.2, 0) is 6.61 Å². The predicted molar refractivity (Wildman–Crippen MR) is 86.1 cm³/mol. The SMILES string of the molecule is Cc1cc(OCc2cc(Cl)ccc2[N+](=O)[O-])cc(C)c1Br. The van der Waals surface area contributed by atoms with Crippen LogP contribution >= 0.6 is 27.5 Å². The molecule has 0 radical (unpaired) electrons. The summed E-state index contributed by atoms with van der Waals surface area (Å²) in [4.78, 5) is 10.6. The molecular weight excluding hydrogens is 358 g/mol. The van der Waals surface area contributed by atoms with Crippen LogP contribution in [0.25, 0.3) is 0 Å². The maximum Gasteiger partial charge on any atom is 0.276 e. The van der Waals surface area contributed by atoms with E-state index in [9.17, 15) is 10.1 Å². The molecule has 0 N–H and O–H groups in total. The first kappa shape index (κ1) is 15.8. The summed E-state index contributed by atoms with van der Waals surface area (Å²) in [5, 5.41) is 11.4. The molecule has 0 aliphatic heterocycles. The molecule has 21 heavy (non-hydrogen) atoms. The van der Waals surface area contributed by atoms with E-state index in [4.69, 9.17) is 16.3 Å². The minimum atomic E-state index is -0.437. The Morgan fingerprint density at radius 2 is 1.86 bits per heavy atom. The maximum atomic E-state index is 11.0. The predicted octanol–water partition coefficient (Wildman–Crippen LogP) is 5.21. The number of hydrogen-bond acceptors (Lipinski definition) is 3. The lowest BCUT2D eigenvalue weighted by Crippen LogP contribution is -2.01. The van der Waals surface area contributed by atoms with Crippen LogP contribution in [-0.4, -0.2) is 4.92 Å². The van der Waals surface area contributed by atoms with Crippen molar-refractivity contribution >= 4 is 33.2 Å². The Kier molecular flexibility index (Phi) is 4.85. The molecule has 0 aliphatic rings. The zero-order valence-corrected chi connectivity index (χ0v) is 13.9. The Morgan fingerprint density at radius 1 is 1.24 bits per heavy atom. The first-order chi connectivity index (χ1) is 9.88. The van der Waals surface area contributed by atoms with E-state index in [0.717, 1.165) is 15.6 Å². The Balaban J connectivity index is 2.24. The monoisotopic (exact) mass is 369 g/mol. The van der Waals surface area contributed by atoms with E-state index in [2.05, 4.69) is 15.9 Å². The van der Waals surface area contributed by atoms with Gasteiger partial charge in [0, 0.05) is 15.6 Å². The number of rotatable bonds is 4. The van der Waals surface area contributed by atoms with Gasteiger partial charge in [0.15, 0.2) is 0 Å². The minimum Gasteiger partial charge on any atom is -0.489 e. The fourth-order valence-electron chi connectivity index (χ4n) is 2.00. The average Bonchev–Trinajstić information content (AvgIpc) is 2.42. The van der Waals surface area contributed by atoms with Crippen LogP contribution in [0, 0.1) is 24.0 Å². The lowest BCUT2D eigenvalue weighted by molar-refractivity contribution is -0.385. The lowest BCUT2D eigenvalue weighted by Gasteiger charge is -2.10. The third-order valence-corrected chi connectivity index (χ3v) is 4.53. The third kappa shape index (κ3) is 3.74. The topological polar surface area (TPSA) is 52.4 Å². The van der Waals surface area contributed by atoms with E-state index in [1.807, 2.05) is 26.0 Å². The highest BCUT2D eigenvalue weighted by molar-refractivity contribution is 9.10. The number of nitro groups is 1. The molecule has 0 saturated carbocycles. The number of nitrogens with zero attached hydrogens (tertiary/aromatic N) is 1. The van der Waals surface area contributed by atoms with Crippen molar-refractivity contribution in [3.8, 4) is 5.75 Å². The molecule has 0 saturated heterocycles. The highest BCUT2D eigenvalue weighted by atomic mass is 79.9. The van der Waals surface area contributed by atoms with Gasteiger partial charge in [0.05, 0.1) is 10.5 Å². The highest BCUT2D eigenvalue weighted by Crippen LogP contribution is 2.28. The van der Waals surface area contributed by atoms with Crippen molar-refractivity contribution in [2.75, 3.05) is 0 Å². The summed E-state index contributed by atoms with van der Waals surface area (Å²) in [7, 11) is 0. The molecular formula is C15H13BrClNO3. The molecule has 0 fully saturated rings. The van der Waals surface area contributed by atoms with Crippen LogP contribution in [0.5, 0.6) is 5.75 Å². The number of benzene rings is 2. The molecule has 0 heterocycles. The van der Waals surface area contributed by atoms with Crippen LogP contribution in [0.3, 0.4) is 0 Å². The van der Waals surface area contributed by atoms with Gasteiger partial charge < -0.3 is 4.74 Å². The van der Waals surface area contributed by atoms with E-state index in [0.29, 0.717) is 16.3 Å². The molecule has 0 aliphatic carbocycles. The first-order valence-corrected chi connectivity index (χ1v) is 7.38. The van der Waals surface area contributed by atoms with Gasteiger partial charge in [-0.3, -0.25) is 10.1 Å². The average molecular weight is 371 g/mol. The molecule has 0 aromatic heterocycles. The van der Waals surface area contributed by atoms with Gasteiger partial charge in [-0.2, -0.15) is 0 Å². The van der Waals surface area contributed by atoms with Crippen LogP contribution in [0.1, 0.15) is 16.7 Å². The van der Waals surface area contributed by atoms with Crippen LogP contribution in [0.2, 0.25) is 5.02 Å². The normalized spacial score (nSPS) is 10.5. The van der Waals surface area contributed by atoms with E-state index < -0.39 is 4.92 Å². The van der Waals surface area contributed by atoms with E-state index in [1.165, 1.54) is 12.1 Å². The van der Waals surface area contributed by atoms with Crippen LogP contribution < -0.4 is 4.74 Å². The summed E-state index contributed by atoms with van der Waals surface area (Å²) in [6.07, 6.45) is 0. The van der Waals surface area contributed by atoms with Gasteiger partial charge in [-0.05, 0) is 49.2 Å². The number of aryl methyl sites for hydroxylation is 2. The van der Waals surface area contributed by atoms with Crippen LogP contribution in [0.15, 0.2) is 34.8 Å². The summed E-state index contributed by atoms with van der Waals surface area (Å²) in [5.74, 6) is 0.669. The summed E-state index contributed by atoms with van der Waals surface area (Å²) in [5.41, 5.74) is 2.55. The second-order valence-corrected chi connectivity index (χ2v) is 5.92. The Morgan fingerprint density at radius 3 is 2.43 bits per heavy atom. The number of halogens is 2. The summed E-state index contributed by atoms with van der Waals surface area (Å²) in [6, 6.07) is 8.20. The number of ether oxygens (including phenoxy) is 1. The van der Waals surface area contributed by atoms with Gasteiger partial charge in [-0.1, -0.05) is 27.5 Å². The van der Waals surface area contributed by atoms with Crippen molar-refractivity contribution in [2.45, 2.75) is 20.5 Å². The molecule has 0 amide bonds. The van der Waals surface area contributed by atoms with Crippen LogP contribution in [0.4, 0.5) is 5.69 Å². The first-order valence-electron chi connectivity index (χ1n) is 6.21. The Bertz CT molecular complexity index is 680. The fraction of sp³-hybridized carbons (Fsp3) is 0.200. The second-order valence-electron chi connectivity index (χ2n) is 4.69. The van der Waals surface area contributed by atoms with Crippen molar-refractivity contribution < 1.29 is 9.66 Å². The van der Waals surface area contributed by atoms with Crippen molar-refractivity contribution in [3.05, 3.63) is 66.6 Å². The van der Waals surface area contributed by atoms with Gasteiger partial charge >= 0.3 is 0 Å². The van der Waals surface area contributed by atoms with Crippen molar-refractivity contribution in [3.63, 3.8) is 0 Å². The Labute approximate surface area is 136 Å². The maximum absolute atomic E-state index is 11.0. The van der Waals surface area contributed by atoms with Crippen molar-refractivity contribution in [2.24, 2.45) is 0 Å². The molecule has 2 aromatic rings. The second kappa shape index (κ2) is 6.45. The van der Waals surface area contributed by atoms with Gasteiger partial charge in [-0.25, -0.2) is 0 Å². The molecule has 2 aromatic carbocycles. The molecule has 0 unspecified atom stereocenters. The minimum absolute atomic E-state index is 0.00459. The number of nitro benzene ring substituents is 1. The molecule has 110 valence electrons. The quantitative estimate of drug-likeness (QED) is 0.548. The molecule has 0 spiro atoms. The van der Waals surface area contributed by atoms with Crippen molar-refractivity contribution in [1.82, 2.24) is 0 Å². The van der Waals surface area contributed by atoms with E-state index in [1.54, 1.807) is 6.07 Å². The molecule has 6 heteroatoms. The third-order valence-electron chi connectivity index (χ3n) is 3.04. The fourth-order valence-corrected chi connectivity index (χ4v) is 2.42. The number of hydrogen-bond donors (Lipinski definition) is 0. The highest BCUT2D eigenvalue weighted by Gasteiger charge is 2.14. The standard InChI is InChI=1S/C15H13BrClNO3/c1-9-5-13(6-10(2)15(9)16)21-8-11-7-12(17)3-4-14(11)18(19)20/h3-7H,8H2,1-2H3. The summed E-state index contributed by atoms with van der Waals surface area (Å²) < 4.78 is 6.70.